The number of aryl methyl sites for hydroxylation is 1. The molecule has 1 aromatic heterocycles. The molecule has 5 aromatic rings. The lowest BCUT2D eigenvalue weighted by molar-refractivity contribution is 0.252. The van der Waals surface area contributed by atoms with E-state index in [0.717, 1.165) is 19.3 Å². The van der Waals surface area contributed by atoms with Crippen LogP contribution in [-0.2, 0) is 11.8 Å². The van der Waals surface area contributed by atoms with E-state index in [1.807, 2.05) is 0 Å². The maximum atomic E-state index is 12.8. The van der Waals surface area contributed by atoms with E-state index in [4.69, 9.17) is 4.98 Å². The van der Waals surface area contributed by atoms with Gasteiger partial charge in [0, 0.05) is 41.5 Å². The Morgan fingerprint density at radius 2 is 1.31 bits per heavy atom. The largest absolute Gasteiger partial charge is 0.338 e. The Bertz CT molecular complexity index is 1900. The number of rotatable bonds is 7. The lowest BCUT2D eigenvalue weighted by atomic mass is 9.46. The van der Waals surface area contributed by atoms with E-state index in [1.54, 1.807) is 6.07 Å². The third-order valence-corrected chi connectivity index (χ3v) is 10.3. The number of urea groups is 1. The van der Waals surface area contributed by atoms with Crippen LogP contribution in [0.2, 0.25) is 0 Å². The lowest BCUT2D eigenvalue weighted by Crippen LogP contribution is -2.47. The quantitative estimate of drug-likeness (QED) is 0.173. The summed E-state index contributed by atoms with van der Waals surface area (Å²) in [5, 5.41) is 5.57. The molecule has 0 radical (unpaired) electrons. The number of hydrogen-bond donors (Lipinski definition) is 3. The van der Waals surface area contributed by atoms with Crippen molar-refractivity contribution in [2.24, 2.45) is 0 Å². The molecular formula is C39H36N4O2. The second-order valence-electron chi connectivity index (χ2n) is 12.6. The van der Waals surface area contributed by atoms with E-state index in [9.17, 15) is 9.59 Å². The zero-order chi connectivity index (χ0) is 30.5. The van der Waals surface area contributed by atoms with E-state index < -0.39 is 5.41 Å². The van der Waals surface area contributed by atoms with Crippen LogP contribution in [0.4, 0.5) is 10.7 Å². The van der Waals surface area contributed by atoms with E-state index in [0.29, 0.717) is 18.7 Å². The monoisotopic (exact) mass is 592 g/mol. The molecule has 0 unspecified atom stereocenters. The molecule has 0 aliphatic heterocycles. The predicted octanol–water partition coefficient (Wildman–Crippen LogP) is 7.35. The van der Waals surface area contributed by atoms with Crippen LogP contribution < -0.4 is 16.2 Å². The molecule has 6 heteroatoms. The molecule has 0 fully saturated rings. The highest BCUT2D eigenvalue weighted by Gasteiger charge is 2.56. The number of aromatic nitrogens is 2. The topological polar surface area (TPSA) is 86.9 Å². The molecule has 45 heavy (non-hydrogen) atoms. The molecule has 4 bridgehead atoms. The van der Waals surface area contributed by atoms with Crippen LogP contribution in [0.1, 0.15) is 94.1 Å². The molecule has 6 aliphatic rings. The van der Waals surface area contributed by atoms with Crippen molar-refractivity contribution < 1.29 is 4.79 Å². The van der Waals surface area contributed by atoms with Crippen molar-refractivity contribution in [1.29, 1.82) is 0 Å². The minimum atomic E-state index is -0.406. The second-order valence-corrected chi connectivity index (χ2v) is 12.6. The van der Waals surface area contributed by atoms with Crippen LogP contribution in [0.25, 0.3) is 0 Å². The molecule has 3 N–H and O–H groups in total. The van der Waals surface area contributed by atoms with Gasteiger partial charge in [-0.1, -0.05) is 110 Å². The van der Waals surface area contributed by atoms with Gasteiger partial charge in [0.2, 0.25) is 5.95 Å². The van der Waals surface area contributed by atoms with Gasteiger partial charge in [-0.25, -0.2) is 9.78 Å². The first-order valence-corrected chi connectivity index (χ1v) is 16.1. The number of nitrogens with one attached hydrogen (secondary N) is 3. The fourth-order valence-electron chi connectivity index (χ4n) is 8.64. The van der Waals surface area contributed by atoms with Crippen LogP contribution >= 0.6 is 0 Å². The average molecular weight is 593 g/mol. The third-order valence-electron chi connectivity index (χ3n) is 10.3. The Hall–Kier alpha value is -4.97. The van der Waals surface area contributed by atoms with Crippen molar-refractivity contribution in [1.82, 2.24) is 15.3 Å². The summed E-state index contributed by atoms with van der Waals surface area (Å²) in [7, 11) is 0. The van der Waals surface area contributed by atoms with Gasteiger partial charge in [0.15, 0.2) is 0 Å². The zero-order valence-corrected chi connectivity index (χ0v) is 25.3. The highest BCUT2D eigenvalue weighted by Crippen LogP contribution is 2.67. The first-order valence-electron chi connectivity index (χ1n) is 16.1. The minimum Gasteiger partial charge on any atom is -0.338 e. The molecule has 0 spiro atoms. The van der Waals surface area contributed by atoms with Crippen molar-refractivity contribution in [2.45, 2.75) is 55.8 Å². The van der Waals surface area contributed by atoms with Gasteiger partial charge in [0.25, 0.3) is 5.56 Å². The number of H-pyrrole nitrogens is 1. The van der Waals surface area contributed by atoms with E-state index in [2.05, 4.69) is 120 Å². The molecule has 0 atom stereocenters. The van der Waals surface area contributed by atoms with E-state index in [1.165, 1.54) is 44.5 Å². The van der Waals surface area contributed by atoms with Crippen LogP contribution in [0.15, 0.2) is 108 Å². The fourth-order valence-corrected chi connectivity index (χ4v) is 8.64. The average Bonchev–Trinajstić information content (AvgIpc) is 3.05. The summed E-state index contributed by atoms with van der Waals surface area (Å²) >= 11 is 0. The minimum absolute atomic E-state index is 0.0774. The molecule has 224 valence electrons. The van der Waals surface area contributed by atoms with Crippen molar-refractivity contribution in [3.63, 3.8) is 0 Å². The highest BCUT2D eigenvalue weighted by molar-refractivity contribution is 5.87. The molecule has 2 amide bonds. The van der Waals surface area contributed by atoms with Crippen molar-refractivity contribution in [3.05, 3.63) is 164 Å². The molecular weight excluding hydrogens is 556 g/mol. The Balaban J connectivity index is 1.30. The smallest absolute Gasteiger partial charge is 0.321 e. The Morgan fingerprint density at radius 3 is 1.91 bits per heavy atom. The maximum absolute atomic E-state index is 12.8. The Labute approximate surface area is 263 Å². The van der Waals surface area contributed by atoms with Gasteiger partial charge in [-0.2, -0.15) is 0 Å². The highest BCUT2D eigenvalue weighted by atomic mass is 16.2. The first-order chi connectivity index (χ1) is 22.1. The van der Waals surface area contributed by atoms with Crippen LogP contribution in [0.5, 0.6) is 0 Å². The van der Waals surface area contributed by atoms with E-state index in [-0.39, 0.29) is 35.3 Å². The first kappa shape index (κ1) is 27.6. The standard InChI is InChI=1S/C39H36N4O2/c1-2-3-22-40-38(45)43-37-41-24(23-33(44)42-37)20-21-39-31-18-10-8-16-29(31)35(30-17-9-11-19-32(30)39)34-25-12-4-6-14-27(25)36(39)28-15-7-5-13-26(28)34/h4-19,23,34-36H,2-3,20-22H2,1H3,(H3,40,41,42,43,44,45). The Kier molecular flexibility index (Phi) is 6.67. The van der Waals surface area contributed by atoms with E-state index >= 15 is 0 Å². The zero-order valence-electron chi connectivity index (χ0n) is 25.3. The molecule has 0 saturated heterocycles. The molecule has 6 nitrogen and oxygen atoms in total. The summed E-state index contributed by atoms with van der Waals surface area (Å²) in [6.07, 6.45) is 3.17. The van der Waals surface area contributed by atoms with Crippen molar-refractivity contribution in [3.8, 4) is 0 Å². The number of carbonyl (C=O) groups is 1. The number of hydrogen-bond acceptors (Lipinski definition) is 3. The summed E-state index contributed by atoms with van der Waals surface area (Å²) in [4.78, 5) is 32.8. The number of anilines is 1. The van der Waals surface area contributed by atoms with Gasteiger partial charge < -0.3 is 5.32 Å². The summed E-state index contributed by atoms with van der Waals surface area (Å²) in [6, 6.07) is 37.3. The van der Waals surface area contributed by atoms with Gasteiger partial charge in [0.1, 0.15) is 0 Å². The van der Waals surface area contributed by atoms with Gasteiger partial charge in [0.05, 0.1) is 0 Å². The predicted molar refractivity (Wildman–Crippen MR) is 177 cm³/mol. The third kappa shape index (κ3) is 4.26. The van der Waals surface area contributed by atoms with Gasteiger partial charge in [-0.15, -0.1) is 0 Å². The normalized spacial score (nSPS) is 21.5. The summed E-state index contributed by atoms with van der Waals surface area (Å²) < 4.78 is 0. The molecule has 11 rings (SSSR count). The van der Waals surface area contributed by atoms with Crippen LogP contribution in [0.3, 0.4) is 0 Å². The maximum Gasteiger partial charge on any atom is 0.321 e. The molecule has 0 saturated carbocycles. The van der Waals surface area contributed by atoms with Crippen LogP contribution in [-0.4, -0.2) is 22.5 Å². The number of nitrogens with zero attached hydrogens (tertiary/aromatic N) is 1. The van der Waals surface area contributed by atoms with Crippen molar-refractivity contribution >= 4 is 12.0 Å². The number of benzene rings is 4. The number of aromatic amines is 1. The van der Waals surface area contributed by atoms with Gasteiger partial charge >= 0.3 is 6.03 Å². The number of carbonyl (C=O) groups excluding carboxylic acids is 1. The fraction of sp³-hybridized carbons (Fsp3) is 0.256. The lowest BCUT2D eigenvalue weighted by Gasteiger charge is -2.56. The summed E-state index contributed by atoms with van der Waals surface area (Å²) in [6.45, 7) is 2.64. The molecule has 6 aliphatic carbocycles. The summed E-state index contributed by atoms with van der Waals surface area (Å²) in [5.74, 6) is 0.658. The van der Waals surface area contributed by atoms with Gasteiger partial charge in [-0.05, 0) is 63.8 Å². The van der Waals surface area contributed by atoms with Gasteiger partial charge in [-0.3, -0.25) is 15.1 Å². The molecule has 4 aromatic carbocycles. The Morgan fingerprint density at radius 1 is 0.778 bits per heavy atom. The number of amides is 2. The SMILES string of the molecule is CCCCNC(=O)Nc1nc(CCC23c4ccccc4C(c4ccccc42)C2c4ccccc4C3c3ccccc32)cc(=O)[nH]1. The van der Waals surface area contributed by atoms with Crippen molar-refractivity contribution in [2.75, 3.05) is 11.9 Å². The van der Waals surface area contributed by atoms with Crippen LogP contribution in [0, 0.1) is 0 Å². The second kappa shape index (κ2) is 10.9. The summed E-state index contributed by atoms with van der Waals surface area (Å²) in [5.41, 5.74) is 11.1. The number of unbranched alkanes of at least 4 members (excludes halogenated alkanes) is 1. The molecule has 1 heterocycles.